The highest BCUT2D eigenvalue weighted by Crippen LogP contribution is 2.14. The van der Waals surface area contributed by atoms with Gasteiger partial charge in [-0.05, 0) is 30.2 Å². The highest BCUT2D eigenvalue weighted by molar-refractivity contribution is 5.90. The van der Waals surface area contributed by atoms with Gasteiger partial charge in [0.2, 0.25) is 5.91 Å². The second kappa shape index (κ2) is 6.48. The van der Waals surface area contributed by atoms with Crippen molar-refractivity contribution in [3.05, 3.63) is 65.5 Å². The summed E-state index contributed by atoms with van der Waals surface area (Å²) in [6.45, 7) is 0. The van der Waals surface area contributed by atoms with Gasteiger partial charge in [-0.25, -0.2) is 4.39 Å². The van der Waals surface area contributed by atoms with Crippen LogP contribution in [0.3, 0.4) is 0 Å². The highest BCUT2D eigenvalue weighted by Gasteiger charge is 2.06. The monoisotopic (exact) mass is 268 g/mol. The Hall–Kier alpha value is -2.67. The maximum atomic E-state index is 13.4. The number of nitriles is 1. The lowest BCUT2D eigenvalue weighted by atomic mass is 10.1. The lowest BCUT2D eigenvalue weighted by Crippen LogP contribution is -2.12. The average Bonchev–Trinajstić information content (AvgIpc) is 2.46. The number of halogens is 1. The number of carbonyl (C=O) groups excluding carboxylic acids is 1. The third kappa shape index (κ3) is 3.66. The summed E-state index contributed by atoms with van der Waals surface area (Å²) in [5, 5.41) is 11.2. The molecule has 20 heavy (non-hydrogen) atoms. The van der Waals surface area contributed by atoms with E-state index in [9.17, 15) is 9.18 Å². The number of carbonyl (C=O) groups is 1. The van der Waals surface area contributed by atoms with Gasteiger partial charge >= 0.3 is 0 Å². The van der Waals surface area contributed by atoms with Crippen LogP contribution in [-0.4, -0.2) is 5.91 Å². The van der Waals surface area contributed by atoms with Gasteiger partial charge < -0.3 is 5.32 Å². The Morgan fingerprint density at radius 1 is 1.20 bits per heavy atom. The predicted molar refractivity (Wildman–Crippen MR) is 74.5 cm³/mol. The molecule has 0 atom stereocenters. The van der Waals surface area contributed by atoms with E-state index < -0.39 is 5.82 Å². The van der Waals surface area contributed by atoms with Crippen LogP contribution < -0.4 is 5.32 Å². The summed E-state index contributed by atoms with van der Waals surface area (Å²) in [4.78, 5) is 11.8. The zero-order chi connectivity index (χ0) is 14.4. The van der Waals surface area contributed by atoms with Crippen molar-refractivity contribution >= 4 is 11.6 Å². The van der Waals surface area contributed by atoms with E-state index in [1.807, 2.05) is 30.3 Å². The van der Waals surface area contributed by atoms with Crippen molar-refractivity contribution in [2.75, 3.05) is 5.32 Å². The minimum atomic E-state index is -0.631. The number of nitrogens with zero attached hydrogens (tertiary/aromatic N) is 1. The fourth-order valence-electron chi connectivity index (χ4n) is 1.81. The molecule has 2 aromatic rings. The smallest absolute Gasteiger partial charge is 0.224 e. The van der Waals surface area contributed by atoms with E-state index in [1.165, 1.54) is 12.1 Å². The van der Waals surface area contributed by atoms with Gasteiger partial charge in [-0.15, -0.1) is 0 Å². The molecule has 0 aliphatic rings. The van der Waals surface area contributed by atoms with Crippen LogP contribution in [0.2, 0.25) is 0 Å². The first-order valence-corrected chi connectivity index (χ1v) is 6.22. The molecule has 1 N–H and O–H groups in total. The molecule has 2 aromatic carbocycles. The molecule has 0 saturated heterocycles. The lowest BCUT2D eigenvalue weighted by Gasteiger charge is -2.06. The van der Waals surface area contributed by atoms with Crippen LogP contribution in [0.5, 0.6) is 0 Å². The zero-order valence-electron chi connectivity index (χ0n) is 10.8. The number of amides is 1. The van der Waals surface area contributed by atoms with Crippen LogP contribution in [0.25, 0.3) is 0 Å². The molecule has 0 bridgehead atoms. The van der Waals surface area contributed by atoms with Crippen molar-refractivity contribution in [1.82, 2.24) is 0 Å². The minimum Gasteiger partial charge on any atom is -0.326 e. The first-order chi connectivity index (χ1) is 9.69. The average molecular weight is 268 g/mol. The number of anilines is 1. The third-order valence-corrected chi connectivity index (χ3v) is 2.86. The summed E-state index contributed by atoms with van der Waals surface area (Å²) < 4.78 is 13.4. The highest BCUT2D eigenvalue weighted by atomic mass is 19.1. The Bertz CT molecular complexity index is 647. The van der Waals surface area contributed by atoms with Gasteiger partial charge in [0.15, 0.2) is 0 Å². The summed E-state index contributed by atoms with van der Waals surface area (Å²) in [6, 6.07) is 15.4. The van der Waals surface area contributed by atoms with Crippen molar-refractivity contribution in [3.8, 4) is 6.07 Å². The fraction of sp³-hybridized carbons (Fsp3) is 0.125. The van der Waals surface area contributed by atoms with E-state index in [-0.39, 0.29) is 11.5 Å². The maximum Gasteiger partial charge on any atom is 0.224 e. The summed E-state index contributed by atoms with van der Waals surface area (Å²) in [6.07, 6.45) is 0.955. The molecular weight excluding hydrogens is 255 g/mol. The van der Waals surface area contributed by atoms with Crippen molar-refractivity contribution in [1.29, 1.82) is 5.26 Å². The molecule has 4 heteroatoms. The van der Waals surface area contributed by atoms with Crippen molar-refractivity contribution in [3.63, 3.8) is 0 Å². The van der Waals surface area contributed by atoms with Crippen LogP contribution in [0, 0.1) is 17.1 Å². The molecule has 0 heterocycles. The molecule has 0 unspecified atom stereocenters. The summed E-state index contributed by atoms with van der Waals surface area (Å²) in [5.41, 5.74) is 1.40. The Morgan fingerprint density at radius 3 is 2.60 bits per heavy atom. The topological polar surface area (TPSA) is 52.9 Å². The van der Waals surface area contributed by atoms with Gasteiger partial charge in [-0.1, -0.05) is 30.3 Å². The minimum absolute atomic E-state index is 0.0349. The Balaban J connectivity index is 1.92. The number of rotatable bonds is 4. The number of hydrogen-bond donors (Lipinski definition) is 1. The number of nitrogens with one attached hydrogen (secondary N) is 1. The number of benzene rings is 2. The molecular formula is C16H13FN2O. The van der Waals surface area contributed by atoms with E-state index in [1.54, 1.807) is 6.07 Å². The molecule has 0 aromatic heterocycles. The zero-order valence-corrected chi connectivity index (χ0v) is 10.8. The number of hydrogen-bond acceptors (Lipinski definition) is 2. The summed E-state index contributed by atoms with van der Waals surface area (Å²) in [7, 11) is 0. The normalized spacial score (nSPS) is 9.80. The molecule has 100 valence electrons. The second-order valence-electron chi connectivity index (χ2n) is 4.34. The first-order valence-electron chi connectivity index (χ1n) is 6.22. The SMILES string of the molecule is N#Cc1ccc(NC(=O)CCc2ccccc2)cc1F. The van der Waals surface area contributed by atoms with E-state index in [0.29, 0.717) is 18.5 Å². The molecule has 0 fully saturated rings. The van der Waals surface area contributed by atoms with Crippen LogP contribution in [-0.2, 0) is 11.2 Å². The Labute approximate surface area is 116 Å². The van der Waals surface area contributed by atoms with Crippen LogP contribution in [0.1, 0.15) is 17.5 Å². The Kier molecular flexibility index (Phi) is 4.46. The second-order valence-corrected chi connectivity index (χ2v) is 4.34. The quantitative estimate of drug-likeness (QED) is 0.925. The summed E-state index contributed by atoms with van der Waals surface area (Å²) >= 11 is 0. The predicted octanol–water partition coefficient (Wildman–Crippen LogP) is 3.27. The van der Waals surface area contributed by atoms with Gasteiger partial charge in [0, 0.05) is 12.1 Å². The standard InChI is InChI=1S/C16H13FN2O/c17-15-10-14(8-7-13(15)11-18)19-16(20)9-6-12-4-2-1-3-5-12/h1-5,7-8,10H,6,9H2,(H,19,20). The van der Waals surface area contributed by atoms with Gasteiger partial charge in [0.1, 0.15) is 11.9 Å². The van der Waals surface area contributed by atoms with E-state index in [4.69, 9.17) is 5.26 Å². The van der Waals surface area contributed by atoms with Crippen molar-refractivity contribution in [2.45, 2.75) is 12.8 Å². The van der Waals surface area contributed by atoms with E-state index >= 15 is 0 Å². The van der Waals surface area contributed by atoms with Crippen molar-refractivity contribution in [2.24, 2.45) is 0 Å². The molecule has 1 amide bonds. The number of aryl methyl sites for hydroxylation is 1. The molecule has 3 nitrogen and oxygen atoms in total. The van der Waals surface area contributed by atoms with Crippen LogP contribution in [0.4, 0.5) is 10.1 Å². The largest absolute Gasteiger partial charge is 0.326 e. The van der Waals surface area contributed by atoms with E-state index in [2.05, 4.69) is 5.32 Å². The maximum absolute atomic E-state index is 13.4. The molecule has 2 rings (SSSR count). The lowest BCUT2D eigenvalue weighted by molar-refractivity contribution is -0.116. The molecule has 0 saturated carbocycles. The molecule has 0 radical (unpaired) electrons. The van der Waals surface area contributed by atoms with Crippen LogP contribution >= 0.6 is 0 Å². The summed E-state index contributed by atoms with van der Waals surface area (Å²) in [5.74, 6) is -0.814. The van der Waals surface area contributed by atoms with E-state index in [0.717, 1.165) is 11.6 Å². The molecule has 0 aliphatic heterocycles. The Morgan fingerprint density at radius 2 is 1.95 bits per heavy atom. The first kappa shape index (κ1) is 13.8. The van der Waals surface area contributed by atoms with Gasteiger partial charge in [0.25, 0.3) is 0 Å². The fourth-order valence-corrected chi connectivity index (χ4v) is 1.81. The van der Waals surface area contributed by atoms with Gasteiger partial charge in [-0.2, -0.15) is 5.26 Å². The van der Waals surface area contributed by atoms with Crippen LogP contribution in [0.15, 0.2) is 48.5 Å². The van der Waals surface area contributed by atoms with Gasteiger partial charge in [0.05, 0.1) is 5.56 Å². The molecule has 0 spiro atoms. The van der Waals surface area contributed by atoms with Crippen molar-refractivity contribution < 1.29 is 9.18 Å². The van der Waals surface area contributed by atoms with Gasteiger partial charge in [-0.3, -0.25) is 4.79 Å². The molecule has 0 aliphatic carbocycles. The third-order valence-electron chi connectivity index (χ3n) is 2.86.